The first-order valence-corrected chi connectivity index (χ1v) is 4.42. The zero-order valence-electron chi connectivity index (χ0n) is 7.80. The lowest BCUT2D eigenvalue weighted by Gasteiger charge is -1.91. The van der Waals surface area contributed by atoms with Crippen molar-refractivity contribution in [3.8, 4) is 17.5 Å². The highest BCUT2D eigenvalue weighted by molar-refractivity contribution is 5.52. The first kappa shape index (κ1) is 8.74. The van der Waals surface area contributed by atoms with E-state index >= 15 is 0 Å². The Morgan fingerprint density at radius 3 is 2.79 bits per heavy atom. The topological polar surface area (TPSA) is 48.2 Å². The molecule has 72 valence electrons. The van der Waals surface area contributed by atoms with Gasteiger partial charge in [0.25, 0.3) is 5.89 Å². The fourth-order valence-electron chi connectivity index (χ4n) is 1.10. The van der Waals surface area contributed by atoms with Crippen molar-refractivity contribution in [2.24, 2.45) is 0 Å². The fourth-order valence-corrected chi connectivity index (χ4v) is 1.10. The van der Waals surface area contributed by atoms with E-state index in [0.717, 1.165) is 5.56 Å². The van der Waals surface area contributed by atoms with E-state index in [0.29, 0.717) is 12.5 Å². The van der Waals surface area contributed by atoms with Crippen LogP contribution < -0.4 is 4.74 Å². The number of aromatic nitrogens is 2. The Bertz CT molecular complexity index is 398. The van der Waals surface area contributed by atoms with Crippen molar-refractivity contribution in [3.63, 3.8) is 0 Å². The van der Waals surface area contributed by atoms with Crippen molar-refractivity contribution < 1.29 is 9.26 Å². The van der Waals surface area contributed by atoms with Gasteiger partial charge in [0.1, 0.15) is 0 Å². The lowest BCUT2D eigenvalue weighted by Crippen LogP contribution is -1.92. The zero-order chi connectivity index (χ0) is 9.80. The molecule has 4 nitrogen and oxygen atoms in total. The van der Waals surface area contributed by atoms with Crippen molar-refractivity contribution in [1.82, 2.24) is 10.1 Å². The van der Waals surface area contributed by atoms with Gasteiger partial charge in [0, 0.05) is 5.56 Å². The van der Waals surface area contributed by atoms with Gasteiger partial charge in [0.2, 0.25) is 0 Å². The third-order valence-corrected chi connectivity index (χ3v) is 1.70. The first-order chi connectivity index (χ1) is 6.90. The van der Waals surface area contributed by atoms with Crippen molar-refractivity contribution in [2.45, 2.75) is 6.92 Å². The second-order valence-corrected chi connectivity index (χ2v) is 2.68. The molecule has 0 bridgehead atoms. The second-order valence-electron chi connectivity index (χ2n) is 2.68. The van der Waals surface area contributed by atoms with E-state index in [9.17, 15) is 0 Å². The molecule has 0 amide bonds. The minimum atomic E-state index is 0.284. The van der Waals surface area contributed by atoms with Crippen LogP contribution >= 0.6 is 0 Å². The molecular weight excluding hydrogens is 180 g/mol. The van der Waals surface area contributed by atoms with Gasteiger partial charge in [-0.05, 0) is 24.2 Å². The van der Waals surface area contributed by atoms with Crippen LogP contribution in [0.2, 0.25) is 0 Å². The summed E-state index contributed by atoms with van der Waals surface area (Å²) in [7, 11) is 0. The van der Waals surface area contributed by atoms with Gasteiger partial charge < -0.3 is 9.26 Å². The van der Waals surface area contributed by atoms with E-state index in [4.69, 9.17) is 9.26 Å². The predicted molar refractivity (Wildman–Crippen MR) is 50.9 cm³/mol. The SMILES string of the molecule is CCOc1noc(-c2ccccc2)n1. The number of rotatable bonds is 3. The Morgan fingerprint density at radius 2 is 2.07 bits per heavy atom. The number of hydrogen-bond donors (Lipinski definition) is 0. The van der Waals surface area contributed by atoms with E-state index in [1.54, 1.807) is 0 Å². The molecule has 1 aromatic heterocycles. The molecular formula is C10H10N2O2. The van der Waals surface area contributed by atoms with E-state index in [-0.39, 0.29) is 6.01 Å². The van der Waals surface area contributed by atoms with Gasteiger partial charge in [-0.1, -0.05) is 18.2 Å². The summed E-state index contributed by atoms with van der Waals surface area (Å²) in [4.78, 5) is 4.07. The van der Waals surface area contributed by atoms with Gasteiger partial charge in [0.05, 0.1) is 6.61 Å². The van der Waals surface area contributed by atoms with Crippen LogP contribution in [0.1, 0.15) is 6.92 Å². The fraction of sp³-hybridized carbons (Fsp3) is 0.200. The minimum Gasteiger partial charge on any atom is -0.462 e. The molecule has 0 aliphatic rings. The monoisotopic (exact) mass is 190 g/mol. The molecule has 0 radical (unpaired) electrons. The Labute approximate surface area is 81.5 Å². The summed E-state index contributed by atoms with van der Waals surface area (Å²) >= 11 is 0. The third kappa shape index (κ3) is 1.74. The smallest absolute Gasteiger partial charge is 0.354 e. The summed E-state index contributed by atoms with van der Waals surface area (Å²) in [5.74, 6) is 0.481. The van der Waals surface area contributed by atoms with Crippen molar-refractivity contribution in [2.75, 3.05) is 6.61 Å². The van der Waals surface area contributed by atoms with Crippen LogP contribution in [-0.4, -0.2) is 16.7 Å². The number of hydrogen-bond acceptors (Lipinski definition) is 4. The quantitative estimate of drug-likeness (QED) is 0.743. The second kappa shape index (κ2) is 3.91. The number of ether oxygens (including phenoxy) is 1. The molecule has 0 N–H and O–H groups in total. The maximum absolute atomic E-state index is 5.09. The van der Waals surface area contributed by atoms with Crippen molar-refractivity contribution in [3.05, 3.63) is 30.3 Å². The minimum absolute atomic E-state index is 0.284. The highest BCUT2D eigenvalue weighted by atomic mass is 16.5. The van der Waals surface area contributed by atoms with E-state index < -0.39 is 0 Å². The van der Waals surface area contributed by atoms with Gasteiger partial charge in [-0.3, -0.25) is 0 Å². The molecule has 0 saturated heterocycles. The Hall–Kier alpha value is -1.84. The molecule has 1 heterocycles. The molecule has 0 spiro atoms. The number of nitrogens with zero attached hydrogens (tertiary/aromatic N) is 2. The lowest BCUT2D eigenvalue weighted by atomic mass is 10.2. The standard InChI is InChI=1S/C10H10N2O2/c1-2-13-10-11-9(14-12-10)8-6-4-3-5-7-8/h3-7H,2H2,1H3. The van der Waals surface area contributed by atoms with Crippen LogP contribution in [0.5, 0.6) is 6.01 Å². The normalized spacial score (nSPS) is 10.1. The first-order valence-electron chi connectivity index (χ1n) is 4.42. The summed E-state index contributed by atoms with van der Waals surface area (Å²) in [6, 6.07) is 9.86. The van der Waals surface area contributed by atoms with E-state index in [1.165, 1.54) is 0 Å². The summed E-state index contributed by atoms with van der Waals surface area (Å²) in [6.07, 6.45) is 0. The molecule has 2 rings (SSSR count). The molecule has 0 atom stereocenters. The molecule has 4 heteroatoms. The Morgan fingerprint density at radius 1 is 1.29 bits per heavy atom. The largest absolute Gasteiger partial charge is 0.462 e. The van der Waals surface area contributed by atoms with Gasteiger partial charge in [0.15, 0.2) is 0 Å². The Balaban J connectivity index is 2.25. The van der Waals surface area contributed by atoms with Gasteiger partial charge in [-0.25, -0.2) is 0 Å². The summed E-state index contributed by atoms with van der Waals surface area (Å²) < 4.78 is 10.1. The van der Waals surface area contributed by atoms with E-state index in [2.05, 4.69) is 10.1 Å². The van der Waals surface area contributed by atoms with Crippen LogP contribution in [0.25, 0.3) is 11.5 Å². The van der Waals surface area contributed by atoms with Crippen LogP contribution in [-0.2, 0) is 0 Å². The third-order valence-electron chi connectivity index (χ3n) is 1.70. The molecule has 0 aliphatic heterocycles. The van der Waals surface area contributed by atoms with Crippen LogP contribution in [0.4, 0.5) is 0 Å². The average Bonchev–Trinajstić information content (AvgIpc) is 2.68. The molecule has 14 heavy (non-hydrogen) atoms. The summed E-state index contributed by atoms with van der Waals surface area (Å²) in [5.41, 5.74) is 0.894. The molecule has 0 unspecified atom stereocenters. The zero-order valence-corrected chi connectivity index (χ0v) is 7.80. The molecule has 0 aliphatic carbocycles. The maximum atomic E-state index is 5.09. The van der Waals surface area contributed by atoms with Crippen molar-refractivity contribution in [1.29, 1.82) is 0 Å². The summed E-state index contributed by atoms with van der Waals surface area (Å²) in [6.45, 7) is 2.41. The van der Waals surface area contributed by atoms with Gasteiger partial charge in [-0.15, -0.1) is 0 Å². The van der Waals surface area contributed by atoms with Crippen LogP contribution in [0.3, 0.4) is 0 Å². The van der Waals surface area contributed by atoms with Gasteiger partial charge >= 0.3 is 6.01 Å². The molecule has 0 fully saturated rings. The molecule has 2 aromatic rings. The van der Waals surface area contributed by atoms with Crippen LogP contribution in [0, 0.1) is 0 Å². The number of benzene rings is 1. The average molecular weight is 190 g/mol. The highest BCUT2D eigenvalue weighted by Crippen LogP contribution is 2.18. The highest BCUT2D eigenvalue weighted by Gasteiger charge is 2.07. The van der Waals surface area contributed by atoms with Crippen LogP contribution in [0.15, 0.2) is 34.9 Å². The molecule has 0 saturated carbocycles. The summed E-state index contributed by atoms with van der Waals surface area (Å²) in [5, 5.41) is 3.67. The van der Waals surface area contributed by atoms with E-state index in [1.807, 2.05) is 37.3 Å². The van der Waals surface area contributed by atoms with Crippen molar-refractivity contribution >= 4 is 0 Å². The maximum Gasteiger partial charge on any atom is 0.354 e. The Kier molecular flexibility index (Phi) is 2.44. The lowest BCUT2D eigenvalue weighted by molar-refractivity contribution is 0.290. The molecule has 1 aromatic carbocycles. The van der Waals surface area contributed by atoms with Gasteiger partial charge in [-0.2, -0.15) is 4.98 Å². The predicted octanol–water partition coefficient (Wildman–Crippen LogP) is 2.14.